The maximum Gasteiger partial charge on any atom is 0.263 e. The van der Waals surface area contributed by atoms with Gasteiger partial charge in [0.1, 0.15) is 22.2 Å². The number of hydrogen-bond donors (Lipinski definition) is 2. The van der Waals surface area contributed by atoms with Crippen molar-refractivity contribution in [3.63, 3.8) is 0 Å². The van der Waals surface area contributed by atoms with Crippen LogP contribution in [0.25, 0.3) is 0 Å². The fourth-order valence-electron chi connectivity index (χ4n) is 1.83. The lowest BCUT2D eigenvalue weighted by atomic mass is 10.3. The van der Waals surface area contributed by atoms with Crippen LogP contribution in [0.5, 0.6) is 5.75 Å². The minimum absolute atomic E-state index is 0.0974. The van der Waals surface area contributed by atoms with Gasteiger partial charge in [0.25, 0.3) is 5.91 Å². The van der Waals surface area contributed by atoms with Crippen molar-refractivity contribution in [3.8, 4) is 5.75 Å². The topological polar surface area (TPSA) is 63.2 Å². The molecule has 0 spiro atoms. The Hall–Kier alpha value is -1.63. The second-order valence-electron chi connectivity index (χ2n) is 5.16. The summed E-state index contributed by atoms with van der Waals surface area (Å²) in [7, 11) is 1.86. The molecule has 0 aliphatic carbocycles. The number of halogens is 1. The zero-order valence-corrected chi connectivity index (χ0v) is 14.9. The number of amides is 1. The van der Waals surface area contributed by atoms with Crippen LogP contribution in [0, 0.1) is 6.92 Å². The van der Waals surface area contributed by atoms with Crippen LogP contribution in [-0.4, -0.2) is 30.5 Å². The van der Waals surface area contributed by atoms with Gasteiger partial charge in [-0.25, -0.2) is 4.98 Å². The van der Waals surface area contributed by atoms with E-state index in [-0.39, 0.29) is 11.9 Å². The van der Waals surface area contributed by atoms with E-state index >= 15 is 0 Å². The predicted octanol–water partition coefficient (Wildman–Crippen LogP) is 3.02. The fraction of sp³-hybridized carbons (Fsp3) is 0.375. The Balaban J connectivity index is 1.94. The molecule has 2 aromatic rings. The van der Waals surface area contributed by atoms with Crippen LogP contribution >= 0.6 is 22.9 Å². The average molecular weight is 354 g/mol. The maximum atomic E-state index is 12.2. The SMILES string of the molecule is CNC(C)CNC(=O)c1sc(COc2ccc(Cl)cc2)nc1C. The first-order valence-electron chi connectivity index (χ1n) is 7.29. The minimum atomic E-state index is -0.0974. The summed E-state index contributed by atoms with van der Waals surface area (Å²) in [6.07, 6.45) is 0. The van der Waals surface area contributed by atoms with E-state index in [1.165, 1.54) is 11.3 Å². The summed E-state index contributed by atoms with van der Waals surface area (Å²) in [5.74, 6) is 0.621. The number of rotatable bonds is 7. The van der Waals surface area contributed by atoms with E-state index in [2.05, 4.69) is 15.6 Å². The molecule has 2 N–H and O–H groups in total. The smallest absolute Gasteiger partial charge is 0.263 e. The highest BCUT2D eigenvalue weighted by molar-refractivity contribution is 7.13. The quantitative estimate of drug-likeness (QED) is 0.803. The molecule has 1 atom stereocenters. The van der Waals surface area contributed by atoms with Gasteiger partial charge in [-0.1, -0.05) is 11.6 Å². The first-order valence-corrected chi connectivity index (χ1v) is 8.49. The van der Waals surface area contributed by atoms with Gasteiger partial charge >= 0.3 is 0 Å². The second kappa shape index (κ2) is 8.29. The molecular formula is C16H20ClN3O2S. The van der Waals surface area contributed by atoms with E-state index in [4.69, 9.17) is 16.3 Å². The van der Waals surface area contributed by atoms with Gasteiger partial charge in [-0.05, 0) is 45.2 Å². The number of aromatic nitrogens is 1. The molecule has 2 rings (SSSR count). The monoisotopic (exact) mass is 353 g/mol. The Bertz CT molecular complexity index is 658. The summed E-state index contributed by atoms with van der Waals surface area (Å²) in [5, 5.41) is 7.41. The molecule has 0 saturated carbocycles. The number of likely N-dealkylation sites (N-methyl/N-ethyl adjacent to an activating group) is 1. The fourth-order valence-corrected chi connectivity index (χ4v) is 2.85. The molecule has 1 unspecified atom stereocenters. The summed E-state index contributed by atoms with van der Waals surface area (Å²) in [6.45, 7) is 4.74. The highest BCUT2D eigenvalue weighted by Crippen LogP contribution is 2.21. The molecule has 7 heteroatoms. The van der Waals surface area contributed by atoms with Gasteiger partial charge in [0.2, 0.25) is 0 Å². The Kier molecular flexibility index (Phi) is 6.38. The van der Waals surface area contributed by atoms with E-state index in [9.17, 15) is 4.79 Å². The van der Waals surface area contributed by atoms with Crippen LogP contribution in [0.15, 0.2) is 24.3 Å². The molecule has 0 bridgehead atoms. The van der Waals surface area contributed by atoms with Gasteiger partial charge in [-0.15, -0.1) is 11.3 Å². The lowest BCUT2D eigenvalue weighted by Gasteiger charge is -2.10. The molecule has 1 amide bonds. The lowest BCUT2D eigenvalue weighted by Crippen LogP contribution is -2.37. The molecular weight excluding hydrogens is 334 g/mol. The molecule has 0 fully saturated rings. The summed E-state index contributed by atoms with van der Waals surface area (Å²) < 4.78 is 5.66. The second-order valence-corrected chi connectivity index (χ2v) is 6.68. The van der Waals surface area contributed by atoms with Crippen LogP contribution in [0.1, 0.15) is 27.3 Å². The van der Waals surface area contributed by atoms with E-state index < -0.39 is 0 Å². The highest BCUT2D eigenvalue weighted by atomic mass is 35.5. The normalized spacial score (nSPS) is 12.0. The average Bonchev–Trinajstić information content (AvgIpc) is 2.92. The number of aryl methyl sites for hydroxylation is 1. The van der Waals surface area contributed by atoms with Crippen LogP contribution < -0.4 is 15.4 Å². The van der Waals surface area contributed by atoms with Gasteiger partial charge in [-0.3, -0.25) is 4.79 Å². The van der Waals surface area contributed by atoms with Crippen LogP contribution in [-0.2, 0) is 6.61 Å². The van der Waals surface area contributed by atoms with Crippen molar-refractivity contribution < 1.29 is 9.53 Å². The summed E-state index contributed by atoms with van der Waals surface area (Å²) in [5.41, 5.74) is 0.722. The number of carbonyl (C=O) groups excluding carboxylic acids is 1. The first-order chi connectivity index (χ1) is 11.0. The van der Waals surface area contributed by atoms with E-state index in [1.807, 2.05) is 20.9 Å². The van der Waals surface area contributed by atoms with Gasteiger partial charge in [0.15, 0.2) is 0 Å². The van der Waals surface area contributed by atoms with Crippen molar-refractivity contribution in [2.24, 2.45) is 0 Å². The van der Waals surface area contributed by atoms with Crippen molar-refractivity contribution >= 4 is 28.8 Å². The third kappa shape index (κ3) is 5.20. The van der Waals surface area contributed by atoms with E-state index in [0.717, 1.165) is 16.5 Å². The molecule has 0 aliphatic heterocycles. The van der Waals surface area contributed by atoms with Crippen LogP contribution in [0.3, 0.4) is 0 Å². The third-order valence-electron chi connectivity index (χ3n) is 3.28. The molecule has 0 saturated heterocycles. The van der Waals surface area contributed by atoms with Crippen molar-refractivity contribution in [2.75, 3.05) is 13.6 Å². The van der Waals surface area contributed by atoms with Crippen LogP contribution in [0.4, 0.5) is 0 Å². The highest BCUT2D eigenvalue weighted by Gasteiger charge is 2.16. The van der Waals surface area contributed by atoms with Gasteiger partial charge in [-0.2, -0.15) is 0 Å². The molecule has 124 valence electrons. The van der Waals surface area contributed by atoms with Crippen LogP contribution in [0.2, 0.25) is 5.02 Å². The molecule has 23 heavy (non-hydrogen) atoms. The molecule has 1 heterocycles. The maximum absolute atomic E-state index is 12.2. The number of carbonyl (C=O) groups is 1. The minimum Gasteiger partial charge on any atom is -0.486 e. The Labute approximate surface area is 145 Å². The summed E-state index contributed by atoms with van der Waals surface area (Å²) >= 11 is 7.19. The Morgan fingerprint density at radius 1 is 1.39 bits per heavy atom. The molecule has 0 radical (unpaired) electrons. The Morgan fingerprint density at radius 3 is 2.74 bits per heavy atom. The molecule has 1 aromatic carbocycles. The molecule has 5 nitrogen and oxygen atoms in total. The largest absolute Gasteiger partial charge is 0.486 e. The number of nitrogens with zero attached hydrogens (tertiary/aromatic N) is 1. The standard InChI is InChI=1S/C16H20ClN3O2S/c1-10(18-3)8-19-16(21)15-11(2)20-14(23-15)9-22-13-6-4-12(17)5-7-13/h4-7,10,18H,8-9H2,1-3H3,(H,19,21). The van der Waals surface area contributed by atoms with Crippen molar-refractivity contribution in [2.45, 2.75) is 26.5 Å². The molecule has 0 aliphatic rings. The molecule has 1 aromatic heterocycles. The summed E-state index contributed by atoms with van der Waals surface area (Å²) in [4.78, 5) is 17.2. The van der Waals surface area contributed by atoms with Crippen molar-refractivity contribution in [3.05, 3.63) is 44.9 Å². The zero-order valence-electron chi connectivity index (χ0n) is 13.4. The number of hydrogen-bond acceptors (Lipinski definition) is 5. The zero-order chi connectivity index (χ0) is 16.8. The third-order valence-corrected chi connectivity index (χ3v) is 4.67. The van der Waals surface area contributed by atoms with E-state index in [0.29, 0.717) is 23.1 Å². The number of thiazole rings is 1. The summed E-state index contributed by atoms with van der Waals surface area (Å²) in [6, 6.07) is 7.36. The first kappa shape index (κ1) is 17.7. The number of ether oxygens (including phenoxy) is 1. The van der Waals surface area contributed by atoms with Gasteiger partial charge < -0.3 is 15.4 Å². The van der Waals surface area contributed by atoms with Gasteiger partial charge in [0.05, 0.1) is 5.69 Å². The van der Waals surface area contributed by atoms with Gasteiger partial charge in [0, 0.05) is 17.6 Å². The lowest BCUT2D eigenvalue weighted by molar-refractivity contribution is 0.0954. The van der Waals surface area contributed by atoms with Crippen molar-refractivity contribution in [1.29, 1.82) is 0 Å². The number of benzene rings is 1. The van der Waals surface area contributed by atoms with Crippen molar-refractivity contribution in [1.82, 2.24) is 15.6 Å². The van der Waals surface area contributed by atoms with E-state index in [1.54, 1.807) is 24.3 Å². The predicted molar refractivity (Wildman–Crippen MR) is 93.5 cm³/mol. The number of nitrogens with one attached hydrogen (secondary N) is 2. The Morgan fingerprint density at radius 2 is 2.09 bits per heavy atom.